The summed E-state index contributed by atoms with van der Waals surface area (Å²) >= 11 is 3.42. The number of carbonyl (C=O) groups is 1. The number of anilines is 1. The van der Waals surface area contributed by atoms with Gasteiger partial charge in [0.1, 0.15) is 0 Å². The number of carbonyl (C=O) groups excluding carboxylic acids is 1. The molecule has 0 radical (unpaired) electrons. The van der Waals surface area contributed by atoms with Crippen LogP contribution in [0.25, 0.3) is 0 Å². The second kappa shape index (κ2) is 5.59. The maximum absolute atomic E-state index is 12.0. The van der Waals surface area contributed by atoms with Crippen molar-refractivity contribution in [2.75, 3.05) is 16.9 Å². The second-order valence-electron chi connectivity index (χ2n) is 4.71. The maximum Gasteiger partial charge on any atom is 0.244 e. The number of nitrogens with one attached hydrogen (secondary N) is 2. The van der Waals surface area contributed by atoms with Crippen LogP contribution >= 0.6 is 23.1 Å². The van der Waals surface area contributed by atoms with Gasteiger partial charge in [-0.3, -0.25) is 10.1 Å². The van der Waals surface area contributed by atoms with E-state index in [1.807, 2.05) is 0 Å². The van der Waals surface area contributed by atoms with Crippen molar-refractivity contribution in [3.05, 3.63) is 10.6 Å². The maximum atomic E-state index is 12.0. The Morgan fingerprint density at radius 2 is 2.22 bits per heavy atom. The van der Waals surface area contributed by atoms with Crippen LogP contribution in [0.2, 0.25) is 0 Å². The van der Waals surface area contributed by atoms with Gasteiger partial charge in [-0.25, -0.2) is 4.98 Å². The highest BCUT2D eigenvalue weighted by Gasteiger charge is 2.24. The minimum Gasteiger partial charge on any atom is -0.301 e. The molecule has 2 heterocycles. The van der Waals surface area contributed by atoms with Crippen LogP contribution in [0.1, 0.15) is 29.8 Å². The van der Waals surface area contributed by atoms with E-state index in [-0.39, 0.29) is 11.9 Å². The van der Waals surface area contributed by atoms with E-state index in [9.17, 15) is 4.79 Å². The summed E-state index contributed by atoms with van der Waals surface area (Å²) in [5.41, 5.74) is 1.21. The quantitative estimate of drug-likeness (QED) is 0.815. The lowest BCUT2D eigenvalue weighted by molar-refractivity contribution is -0.117. The number of thioether (sulfide) groups is 1. The fourth-order valence-corrected chi connectivity index (χ4v) is 4.33. The van der Waals surface area contributed by atoms with Crippen molar-refractivity contribution < 1.29 is 4.79 Å². The molecule has 2 aliphatic rings. The predicted molar refractivity (Wildman–Crippen MR) is 76.3 cm³/mol. The van der Waals surface area contributed by atoms with Gasteiger partial charge >= 0.3 is 0 Å². The van der Waals surface area contributed by atoms with Crippen molar-refractivity contribution in [1.29, 1.82) is 0 Å². The highest BCUT2D eigenvalue weighted by atomic mass is 32.2. The van der Waals surface area contributed by atoms with Crippen LogP contribution in [0.15, 0.2) is 0 Å². The number of nitrogens with zero attached hydrogens (tertiary/aromatic N) is 1. The van der Waals surface area contributed by atoms with Crippen molar-refractivity contribution in [3.63, 3.8) is 0 Å². The van der Waals surface area contributed by atoms with Crippen molar-refractivity contribution in [1.82, 2.24) is 10.3 Å². The van der Waals surface area contributed by atoms with E-state index >= 15 is 0 Å². The minimum atomic E-state index is -0.0568. The van der Waals surface area contributed by atoms with Crippen molar-refractivity contribution in [3.8, 4) is 0 Å². The molecule has 1 atom stereocenters. The Labute approximate surface area is 115 Å². The Bertz CT molecular complexity index is 417. The summed E-state index contributed by atoms with van der Waals surface area (Å²) in [7, 11) is 0. The van der Waals surface area contributed by atoms with Crippen LogP contribution in [-0.4, -0.2) is 28.6 Å². The summed E-state index contributed by atoms with van der Waals surface area (Å²) in [6, 6.07) is -0.0568. The van der Waals surface area contributed by atoms with Gasteiger partial charge in [0.2, 0.25) is 5.91 Å². The molecule has 1 unspecified atom stereocenters. The van der Waals surface area contributed by atoms with Crippen LogP contribution in [-0.2, 0) is 17.6 Å². The van der Waals surface area contributed by atoms with E-state index in [4.69, 9.17) is 0 Å². The van der Waals surface area contributed by atoms with Crippen molar-refractivity contribution in [2.45, 2.75) is 38.1 Å². The lowest BCUT2D eigenvalue weighted by Crippen LogP contribution is -2.37. The number of amides is 1. The van der Waals surface area contributed by atoms with Gasteiger partial charge in [-0.2, -0.15) is 0 Å². The molecule has 1 fully saturated rings. The van der Waals surface area contributed by atoms with E-state index in [1.165, 1.54) is 29.8 Å². The zero-order chi connectivity index (χ0) is 12.4. The Balaban J connectivity index is 1.67. The zero-order valence-corrected chi connectivity index (χ0v) is 11.8. The number of fused-ring (bicyclic) bond motifs is 1. The van der Waals surface area contributed by atoms with Gasteiger partial charge in [-0.1, -0.05) is 6.42 Å². The van der Waals surface area contributed by atoms with Gasteiger partial charge in [0, 0.05) is 16.5 Å². The number of rotatable bonds is 2. The summed E-state index contributed by atoms with van der Waals surface area (Å²) in [6.45, 7) is 0. The van der Waals surface area contributed by atoms with E-state index in [2.05, 4.69) is 15.6 Å². The second-order valence-corrected chi connectivity index (χ2v) is 6.82. The lowest BCUT2D eigenvalue weighted by Gasteiger charge is -2.07. The molecule has 0 saturated carbocycles. The fourth-order valence-electron chi connectivity index (χ4n) is 2.34. The smallest absolute Gasteiger partial charge is 0.244 e. The van der Waals surface area contributed by atoms with Gasteiger partial charge in [0.25, 0.3) is 0 Å². The third-order valence-corrected chi connectivity index (χ3v) is 5.37. The van der Waals surface area contributed by atoms with E-state index < -0.39 is 0 Å². The van der Waals surface area contributed by atoms with Gasteiger partial charge in [-0.15, -0.1) is 23.1 Å². The molecule has 3 rings (SSSR count). The van der Waals surface area contributed by atoms with Crippen LogP contribution < -0.4 is 10.6 Å². The first kappa shape index (κ1) is 12.4. The molecule has 4 nitrogen and oxygen atoms in total. The third kappa shape index (κ3) is 2.70. The van der Waals surface area contributed by atoms with E-state index in [0.717, 1.165) is 29.6 Å². The molecule has 1 aliphatic carbocycles. The molecular weight excluding hydrogens is 266 g/mol. The fraction of sp³-hybridized carbons (Fsp3) is 0.667. The Morgan fingerprint density at radius 1 is 1.33 bits per heavy atom. The SMILES string of the molecule is O=C(Nc1nc2c(s1)CCCCC2)C1CSCN1. The van der Waals surface area contributed by atoms with Gasteiger partial charge in [0.05, 0.1) is 11.7 Å². The number of thiazole rings is 1. The summed E-state index contributed by atoms with van der Waals surface area (Å²) < 4.78 is 0. The van der Waals surface area contributed by atoms with Crippen molar-refractivity contribution >= 4 is 34.1 Å². The normalized spacial score (nSPS) is 23.4. The minimum absolute atomic E-state index is 0.0568. The Morgan fingerprint density at radius 3 is 3.06 bits per heavy atom. The Hall–Kier alpha value is -0.590. The molecule has 0 spiro atoms. The molecule has 98 valence electrons. The molecule has 1 amide bonds. The molecule has 0 bridgehead atoms. The van der Waals surface area contributed by atoms with Gasteiger partial charge in [0.15, 0.2) is 5.13 Å². The molecule has 18 heavy (non-hydrogen) atoms. The molecule has 1 aromatic heterocycles. The third-order valence-electron chi connectivity index (χ3n) is 3.36. The number of aryl methyl sites for hydroxylation is 2. The zero-order valence-electron chi connectivity index (χ0n) is 10.2. The largest absolute Gasteiger partial charge is 0.301 e. The molecule has 0 aromatic carbocycles. The summed E-state index contributed by atoms with van der Waals surface area (Å²) in [6.07, 6.45) is 5.97. The molecule has 1 aliphatic heterocycles. The molecule has 6 heteroatoms. The average molecular weight is 283 g/mol. The molecule has 1 saturated heterocycles. The number of hydrogen-bond acceptors (Lipinski definition) is 5. The van der Waals surface area contributed by atoms with Crippen LogP contribution in [0.3, 0.4) is 0 Å². The molecular formula is C12H17N3OS2. The summed E-state index contributed by atoms with van der Waals surface area (Å²) in [4.78, 5) is 17.9. The molecule has 1 aromatic rings. The van der Waals surface area contributed by atoms with Crippen LogP contribution in [0, 0.1) is 0 Å². The first-order chi connectivity index (χ1) is 8.83. The number of hydrogen-bond donors (Lipinski definition) is 2. The monoisotopic (exact) mass is 283 g/mol. The average Bonchev–Trinajstić information content (AvgIpc) is 2.96. The van der Waals surface area contributed by atoms with Crippen molar-refractivity contribution in [2.24, 2.45) is 0 Å². The summed E-state index contributed by atoms with van der Waals surface area (Å²) in [5.74, 6) is 1.78. The first-order valence-electron chi connectivity index (χ1n) is 6.43. The highest BCUT2D eigenvalue weighted by molar-refractivity contribution is 7.99. The highest BCUT2D eigenvalue weighted by Crippen LogP contribution is 2.29. The standard InChI is InChI=1S/C12H17N3OS2/c16-11(9-6-17-7-13-9)15-12-14-8-4-2-1-3-5-10(8)18-12/h9,13H,1-7H2,(H,14,15,16). The van der Waals surface area contributed by atoms with Gasteiger partial charge < -0.3 is 5.32 Å². The van der Waals surface area contributed by atoms with Crippen LogP contribution in [0.5, 0.6) is 0 Å². The molecule has 2 N–H and O–H groups in total. The first-order valence-corrected chi connectivity index (χ1v) is 8.40. The van der Waals surface area contributed by atoms with E-state index in [0.29, 0.717) is 0 Å². The lowest BCUT2D eigenvalue weighted by atomic mass is 10.2. The van der Waals surface area contributed by atoms with Gasteiger partial charge in [-0.05, 0) is 25.7 Å². The van der Waals surface area contributed by atoms with Crippen LogP contribution in [0.4, 0.5) is 5.13 Å². The Kier molecular flexibility index (Phi) is 3.86. The predicted octanol–water partition coefficient (Wildman–Crippen LogP) is 2.01. The number of aromatic nitrogens is 1. The summed E-state index contributed by atoms with van der Waals surface area (Å²) in [5, 5.41) is 6.91. The topological polar surface area (TPSA) is 54.0 Å². The van der Waals surface area contributed by atoms with E-state index in [1.54, 1.807) is 23.1 Å².